The van der Waals surface area contributed by atoms with Gasteiger partial charge in [-0.25, -0.2) is 0 Å². The third-order valence-corrected chi connectivity index (χ3v) is 3.67. The van der Waals surface area contributed by atoms with E-state index in [9.17, 15) is 0 Å². The lowest BCUT2D eigenvalue weighted by atomic mass is 9.94. The van der Waals surface area contributed by atoms with Gasteiger partial charge in [0.25, 0.3) is 0 Å². The smallest absolute Gasteiger partial charge is 0.119 e. The van der Waals surface area contributed by atoms with Crippen LogP contribution in [0.4, 0.5) is 0 Å². The molecule has 2 aliphatic rings. The summed E-state index contributed by atoms with van der Waals surface area (Å²) in [5, 5.41) is 3.43. The molecule has 1 aromatic rings. The molecule has 1 N–H and O–H groups in total. The van der Waals surface area contributed by atoms with Crippen LogP contribution in [0.25, 0.3) is 0 Å². The number of nitrogens with one attached hydrogen (secondary N) is 1. The van der Waals surface area contributed by atoms with E-state index in [4.69, 9.17) is 9.47 Å². The van der Waals surface area contributed by atoms with Gasteiger partial charge in [-0.1, -0.05) is 6.07 Å². The highest BCUT2D eigenvalue weighted by Gasteiger charge is 2.41. The van der Waals surface area contributed by atoms with E-state index in [0.717, 1.165) is 38.3 Å². The van der Waals surface area contributed by atoms with Crippen molar-refractivity contribution in [3.63, 3.8) is 0 Å². The third-order valence-electron chi connectivity index (χ3n) is 3.67. The summed E-state index contributed by atoms with van der Waals surface area (Å²) in [6.07, 6.45) is 2.18. The molecule has 1 unspecified atom stereocenters. The number of rotatable bonds is 1. The molecule has 0 bridgehead atoms. The lowest BCUT2D eigenvalue weighted by Crippen LogP contribution is -2.46. The van der Waals surface area contributed by atoms with Gasteiger partial charge in [0.2, 0.25) is 0 Å². The molecular weight excluding hydrogens is 202 g/mol. The molecule has 0 amide bonds. The Morgan fingerprint density at radius 3 is 3.12 bits per heavy atom. The maximum atomic E-state index is 6.02. The molecule has 1 heterocycles. The van der Waals surface area contributed by atoms with Crippen molar-refractivity contribution < 1.29 is 9.47 Å². The van der Waals surface area contributed by atoms with Crippen molar-refractivity contribution in [2.75, 3.05) is 26.8 Å². The molecule has 86 valence electrons. The van der Waals surface area contributed by atoms with E-state index in [2.05, 4.69) is 17.4 Å². The number of fused-ring (bicyclic) bond motifs is 2. The second-order valence-electron chi connectivity index (χ2n) is 4.54. The molecule has 3 rings (SSSR count). The molecular formula is C13H17NO2. The quantitative estimate of drug-likeness (QED) is 0.775. The molecule has 1 saturated heterocycles. The number of hydrogen-bond donors (Lipinski definition) is 1. The predicted octanol–water partition coefficient (Wildman–Crippen LogP) is 1.46. The average molecular weight is 219 g/mol. The molecule has 3 nitrogen and oxygen atoms in total. The summed E-state index contributed by atoms with van der Waals surface area (Å²) >= 11 is 0. The van der Waals surface area contributed by atoms with Gasteiger partial charge in [-0.05, 0) is 36.1 Å². The lowest BCUT2D eigenvalue weighted by Gasteiger charge is -2.35. The van der Waals surface area contributed by atoms with Crippen molar-refractivity contribution in [2.24, 2.45) is 0 Å². The van der Waals surface area contributed by atoms with Gasteiger partial charge < -0.3 is 14.8 Å². The highest BCUT2D eigenvalue weighted by atomic mass is 16.5. The van der Waals surface area contributed by atoms with Crippen LogP contribution in [0.5, 0.6) is 5.75 Å². The molecule has 3 heteroatoms. The van der Waals surface area contributed by atoms with Crippen LogP contribution >= 0.6 is 0 Å². The van der Waals surface area contributed by atoms with Gasteiger partial charge in [-0.2, -0.15) is 0 Å². The molecule has 0 radical (unpaired) electrons. The number of hydrogen-bond acceptors (Lipinski definition) is 3. The van der Waals surface area contributed by atoms with Crippen molar-refractivity contribution in [3.05, 3.63) is 29.3 Å². The average Bonchev–Trinajstić information content (AvgIpc) is 2.69. The Bertz CT molecular complexity index is 397. The Kier molecular flexibility index (Phi) is 2.37. The van der Waals surface area contributed by atoms with Crippen LogP contribution in [-0.4, -0.2) is 26.8 Å². The number of benzene rings is 1. The molecule has 1 spiro atoms. The minimum Gasteiger partial charge on any atom is -0.497 e. The van der Waals surface area contributed by atoms with Gasteiger partial charge in [0, 0.05) is 13.1 Å². The Morgan fingerprint density at radius 1 is 1.44 bits per heavy atom. The summed E-state index contributed by atoms with van der Waals surface area (Å²) in [5.41, 5.74) is 2.66. The fourth-order valence-electron chi connectivity index (χ4n) is 2.81. The summed E-state index contributed by atoms with van der Waals surface area (Å²) in [4.78, 5) is 0. The van der Waals surface area contributed by atoms with Crippen molar-refractivity contribution in [3.8, 4) is 5.75 Å². The Labute approximate surface area is 95.8 Å². The zero-order valence-electron chi connectivity index (χ0n) is 9.58. The predicted molar refractivity (Wildman–Crippen MR) is 61.8 cm³/mol. The van der Waals surface area contributed by atoms with E-state index in [-0.39, 0.29) is 5.60 Å². The molecule has 16 heavy (non-hydrogen) atoms. The first-order valence-corrected chi connectivity index (χ1v) is 5.86. The summed E-state index contributed by atoms with van der Waals surface area (Å²) in [6.45, 7) is 2.71. The SMILES string of the molecule is COc1ccc2c(c1)CCC21CNCCO1. The summed E-state index contributed by atoms with van der Waals surface area (Å²) < 4.78 is 11.3. The van der Waals surface area contributed by atoms with Gasteiger partial charge in [-0.15, -0.1) is 0 Å². The first-order valence-electron chi connectivity index (χ1n) is 5.86. The minimum atomic E-state index is -0.0696. The van der Waals surface area contributed by atoms with Gasteiger partial charge in [0.15, 0.2) is 0 Å². The van der Waals surface area contributed by atoms with Crippen LogP contribution in [0.3, 0.4) is 0 Å². The Hall–Kier alpha value is -1.06. The van der Waals surface area contributed by atoms with E-state index in [1.54, 1.807) is 7.11 Å². The van der Waals surface area contributed by atoms with E-state index in [1.165, 1.54) is 11.1 Å². The van der Waals surface area contributed by atoms with Crippen molar-refractivity contribution in [2.45, 2.75) is 18.4 Å². The Balaban J connectivity index is 1.98. The second kappa shape index (κ2) is 3.75. The van der Waals surface area contributed by atoms with E-state index < -0.39 is 0 Å². The number of methoxy groups -OCH3 is 1. The van der Waals surface area contributed by atoms with E-state index >= 15 is 0 Å². The zero-order chi connectivity index (χ0) is 11.0. The standard InChI is InChI=1S/C13H17NO2/c1-15-11-2-3-12-10(8-11)4-5-13(12)9-14-6-7-16-13/h2-3,8,14H,4-7,9H2,1H3. The number of morpholine rings is 1. The topological polar surface area (TPSA) is 30.5 Å². The van der Waals surface area contributed by atoms with Crippen LogP contribution in [0.2, 0.25) is 0 Å². The molecule has 1 aliphatic carbocycles. The maximum Gasteiger partial charge on any atom is 0.119 e. The largest absolute Gasteiger partial charge is 0.497 e. The number of ether oxygens (including phenoxy) is 2. The molecule has 0 aromatic heterocycles. The third kappa shape index (κ3) is 1.43. The van der Waals surface area contributed by atoms with Crippen LogP contribution in [-0.2, 0) is 16.8 Å². The van der Waals surface area contributed by atoms with Crippen molar-refractivity contribution in [1.82, 2.24) is 5.32 Å². The fourth-order valence-corrected chi connectivity index (χ4v) is 2.81. The van der Waals surface area contributed by atoms with Gasteiger partial charge >= 0.3 is 0 Å². The van der Waals surface area contributed by atoms with Crippen LogP contribution in [0, 0.1) is 0 Å². The fraction of sp³-hybridized carbons (Fsp3) is 0.538. The zero-order valence-corrected chi connectivity index (χ0v) is 9.58. The maximum absolute atomic E-state index is 6.02. The van der Waals surface area contributed by atoms with Crippen molar-refractivity contribution >= 4 is 0 Å². The monoisotopic (exact) mass is 219 g/mol. The highest BCUT2D eigenvalue weighted by molar-refractivity contribution is 5.43. The molecule has 1 fully saturated rings. The highest BCUT2D eigenvalue weighted by Crippen LogP contribution is 2.41. The summed E-state index contributed by atoms with van der Waals surface area (Å²) in [5.74, 6) is 0.944. The lowest BCUT2D eigenvalue weighted by molar-refractivity contribution is -0.0695. The van der Waals surface area contributed by atoms with Crippen LogP contribution in [0.1, 0.15) is 17.5 Å². The Morgan fingerprint density at radius 2 is 2.38 bits per heavy atom. The number of aryl methyl sites for hydroxylation is 1. The molecule has 1 aromatic carbocycles. The second-order valence-corrected chi connectivity index (χ2v) is 4.54. The normalized spacial score (nSPS) is 28.1. The molecule has 1 atom stereocenters. The van der Waals surface area contributed by atoms with Crippen LogP contribution < -0.4 is 10.1 Å². The summed E-state index contributed by atoms with van der Waals surface area (Å²) in [7, 11) is 1.71. The summed E-state index contributed by atoms with van der Waals surface area (Å²) in [6, 6.07) is 6.33. The first-order chi connectivity index (χ1) is 7.84. The van der Waals surface area contributed by atoms with Gasteiger partial charge in [-0.3, -0.25) is 0 Å². The van der Waals surface area contributed by atoms with Gasteiger partial charge in [0.1, 0.15) is 11.4 Å². The minimum absolute atomic E-state index is 0.0696. The first kappa shape index (κ1) is 10.1. The van der Waals surface area contributed by atoms with E-state index in [0.29, 0.717) is 0 Å². The molecule has 1 aliphatic heterocycles. The van der Waals surface area contributed by atoms with Crippen molar-refractivity contribution in [1.29, 1.82) is 0 Å². The molecule has 0 saturated carbocycles. The van der Waals surface area contributed by atoms with Gasteiger partial charge in [0.05, 0.1) is 13.7 Å². The van der Waals surface area contributed by atoms with Crippen LogP contribution in [0.15, 0.2) is 18.2 Å². The van der Waals surface area contributed by atoms with E-state index in [1.807, 2.05) is 6.07 Å².